The van der Waals surface area contributed by atoms with Gasteiger partial charge in [-0.1, -0.05) is 23.8 Å². The summed E-state index contributed by atoms with van der Waals surface area (Å²) >= 11 is 0. The summed E-state index contributed by atoms with van der Waals surface area (Å²) in [6, 6.07) is 27.5. The minimum Gasteiger partial charge on any atom is -0.497 e. The Morgan fingerprint density at radius 2 is 1.58 bits per heavy atom. The molecule has 0 saturated heterocycles. The highest BCUT2D eigenvalue weighted by Gasteiger charge is 2.03. The molecule has 5 heteroatoms. The lowest BCUT2D eigenvalue weighted by Crippen LogP contribution is -1.82. The monoisotopic (exact) mass is 434 g/mol. The number of aromatic nitrogens is 3. The number of methoxy groups -OCH3 is 1. The third kappa shape index (κ3) is 7.05. The minimum absolute atomic E-state index is 0.723. The van der Waals surface area contributed by atoms with Gasteiger partial charge in [0.25, 0.3) is 0 Å². The van der Waals surface area contributed by atoms with Crippen LogP contribution in [0.25, 0.3) is 22.3 Å². The number of aryl methyl sites for hydroxylation is 2. The molecule has 5 nitrogen and oxygen atoms in total. The highest BCUT2D eigenvalue weighted by Crippen LogP contribution is 2.24. The van der Waals surface area contributed by atoms with Crippen molar-refractivity contribution in [2.24, 2.45) is 0 Å². The Morgan fingerprint density at radius 3 is 2.12 bits per heavy atom. The van der Waals surface area contributed by atoms with Crippen LogP contribution in [-0.2, 0) is 0 Å². The normalized spacial score (nSPS) is 9.64. The zero-order chi connectivity index (χ0) is 23.5. The summed E-state index contributed by atoms with van der Waals surface area (Å²) in [5.41, 5.74) is 6.24. The molecule has 33 heavy (non-hydrogen) atoms. The summed E-state index contributed by atoms with van der Waals surface area (Å²) in [5.74, 6) is 0.864. The summed E-state index contributed by atoms with van der Waals surface area (Å²) in [6.45, 7) is 4.02. The number of hydrogen-bond donors (Lipinski definition) is 1. The zero-order valence-electron chi connectivity index (χ0n) is 19.0. The Bertz CT molecular complexity index is 1270. The second-order valence-electron chi connectivity index (χ2n) is 7.36. The standard InChI is InChI=1S/C14H12N2O.C8H7N.C6H7N/c1-17-12-6-4-10(5-7-12)13-9-11-3-2-8-15-14(11)16-13;1-7-2-4-8(6-9)5-3-7;1-6-3-2-4-7-5-6/h2-9H,1H3,(H,15,16);2-5H,1H3;2-5H,1H3. The predicted octanol–water partition coefficient (Wildman–Crippen LogP) is 6.50. The van der Waals surface area contributed by atoms with E-state index in [4.69, 9.17) is 10.00 Å². The molecule has 0 fully saturated rings. The molecular formula is C28H26N4O. The molecule has 0 unspecified atom stereocenters. The van der Waals surface area contributed by atoms with Gasteiger partial charge in [0.15, 0.2) is 0 Å². The molecule has 3 heterocycles. The van der Waals surface area contributed by atoms with E-state index in [2.05, 4.69) is 27.1 Å². The molecule has 0 aliphatic carbocycles. The van der Waals surface area contributed by atoms with Crippen molar-refractivity contribution in [3.05, 3.63) is 114 Å². The van der Waals surface area contributed by atoms with E-state index in [-0.39, 0.29) is 0 Å². The molecule has 0 radical (unpaired) electrons. The Kier molecular flexibility index (Phi) is 8.33. The number of fused-ring (bicyclic) bond motifs is 1. The van der Waals surface area contributed by atoms with Crippen molar-refractivity contribution in [3.63, 3.8) is 0 Å². The van der Waals surface area contributed by atoms with Crippen LogP contribution in [0.15, 0.2) is 97.5 Å². The van der Waals surface area contributed by atoms with E-state index in [1.807, 2.05) is 92.8 Å². The molecule has 5 aromatic rings. The predicted molar refractivity (Wildman–Crippen MR) is 133 cm³/mol. The van der Waals surface area contributed by atoms with Crippen LogP contribution < -0.4 is 4.74 Å². The second-order valence-corrected chi connectivity index (χ2v) is 7.36. The van der Waals surface area contributed by atoms with Gasteiger partial charge in [0.2, 0.25) is 0 Å². The third-order valence-electron chi connectivity index (χ3n) is 4.78. The van der Waals surface area contributed by atoms with Crippen LogP contribution in [0.1, 0.15) is 16.7 Å². The lowest BCUT2D eigenvalue weighted by Gasteiger charge is -2.00. The van der Waals surface area contributed by atoms with Crippen LogP contribution in [0, 0.1) is 25.2 Å². The van der Waals surface area contributed by atoms with Gasteiger partial charge >= 0.3 is 0 Å². The van der Waals surface area contributed by atoms with Crippen molar-refractivity contribution in [1.29, 1.82) is 5.26 Å². The van der Waals surface area contributed by atoms with Gasteiger partial charge < -0.3 is 9.72 Å². The maximum atomic E-state index is 8.38. The summed E-state index contributed by atoms with van der Waals surface area (Å²) in [6.07, 6.45) is 5.39. The van der Waals surface area contributed by atoms with E-state index in [1.54, 1.807) is 19.5 Å². The maximum Gasteiger partial charge on any atom is 0.137 e. The van der Waals surface area contributed by atoms with Crippen LogP contribution in [0.4, 0.5) is 0 Å². The summed E-state index contributed by atoms with van der Waals surface area (Å²) in [7, 11) is 1.67. The van der Waals surface area contributed by atoms with Gasteiger partial charge in [-0.15, -0.1) is 0 Å². The largest absolute Gasteiger partial charge is 0.497 e. The molecule has 0 aliphatic heterocycles. The van der Waals surface area contributed by atoms with Gasteiger partial charge in [0.1, 0.15) is 11.4 Å². The molecule has 0 saturated carbocycles. The summed E-state index contributed by atoms with van der Waals surface area (Å²) < 4.78 is 5.14. The first kappa shape index (κ1) is 23.2. The first-order valence-electron chi connectivity index (χ1n) is 10.5. The quantitative estimate of drug-likeness (QED) is 0.344. The smallest absolute Gasteiger partial charge is 0.137 e. The fourth-order valence-electron chi connectivity index (χ4n) is 2.96. The van der Waals surface area contributed by atoms with E-state index in [0.29, 0.717) is 0 Å². The fraction of sp³-hybridized carbons (Fsp3) is 0.107. The average Bonchev–Trinajstić information content (AvgIpc) is 3.30. The topological polar surface area (TPSA) is 74.6 Å². The van der Waals surface area contributed by atoms with Crippen LogP contribution in [0.3, 0.4) is 0 Å². The van der Waals surface area contributed by atoms with Gasteiger partial charge in [-0.25, -0.2) is 4.98 Å². The van der Waals surface area contributed by atoms with Gasteiger partial charge in [0, 0.05) is 29.7 Å². The lowest BCUT2D eigenvalue weighted by molar-refractivity contribution is 0.415. The Labute approximate surface area is 194 Å². The third-order valence-corrected chi connectivity index (χ3v) is 4.78. The molecule has 0 aliphatic rings. The van der Waals surface area contributed by atoms with E-state index < -0.39 is 0 Å². The SMILES string of the molecule is COc1ccc(-c2cc3cccnc3[nH]2)cc1.Cc1ccc(C#N)cc1.Cc1cccnc1. The van der Waals surface area contributed by atoms with E-state index in [9.17, 15) is 0 Å². The lowest BCUT2D eigenvalue weighted by atomic mass is 10.1. The number of rotatable bonds is 2. The molecule has 0 atom stereocenters. The van der Waals surface area contributed by atoms with Crippen molar-refractivity contribution in [1.82, 2.24) is 15.0 Å². The summed E-state index contributed by atoms with van der Waals surface area (Å²) in [4.78, 5) is 11.5. The molecule has 0 spiro atoms. The maximum absolute atomic E-state index is 8.38. The van der Waals surface area contributed by atoms with Crippen molar-refractivity contribution in [2.45, 2.75) is 13.8 Å². The molecule has 5 rings (SSSR count). The molecular weight excluding hydrogens is 408 g/mol. The Hall–Kier alpha value is -4.43. The minimum atomic E-state index is 0.723. The van der Waals surface area contributed by atoms with Crippen molar-refractivity contribution < 1.29 is 4.74 Å². The van der Waals surface area contributed by atoms with Gasteiger partial charge in [-0.3, -0.25) is 4.98 Å². The first-order valence-corrected chi connectivity index (χ1v) is 10.5. The zero-order valence-corrected chi connectivity index (χ0v) is 19.0. The number of nitrogens with one attached hydrogen (secondary N) is 1. The number of ether oxygens (including phenoxy) is 1. The van der Waals surface area contributed by atoms with E-state index in [1.165, 1.54) is 11.1 Å². The highest BCUT2D eigenvalue weighted by atomic mass is 16.5. The number of nitriles is 1. The molecule has 2 aromatic carbocycles. The highest BCUT2D eigenvalue weighted by molar-refractivity contribution is 5.82. The van der Waals surface area contributed by atoms with Gasteiger partial charge in [0.05, 0.1) is 18.7 Å². The number of nitrogens with zero attached hydrogens (tertiary/aromatic N) is 3. The Balaban J connectivity index is 0.000000160. The van der Waals surface area contributed by atoms with Crippen molar-refractivity contribution >= 4 is 11.0 Å². The number of H-pyrrole nitrogens is 1. The van der Waals surface area contributed by atoms with E-state index in [0.717, 1.165) is 33.6 Å². The van der Waals surface area contributed by atoms with Crippen LogP contribution in [-0.4, -0.2) is 22.1 Å². The Morgan fingerprint density at radius 1 is 0.848 bits per heavy atom. The van der Waals surface area contributed by atoms with Crippen molar-refractivity contribution in [2.75, 3.05) is 7.11 Å². The number of hydrogen-bond acceptors (Lipinski definition) is 4. The summed E-state index contributed by atoms with van der Waals surface area (Å²) in [5, 5.41) is 9.50. The first-order chi connectivity index (χ1) is 16.1. The van der Waals surface area contributed by atoms with Gasteiger partial charge in [-0.2, -0.15) is 5.26 Å². The van der Waals surface area contributed by atoms with Crippen molar-refractivity contribution in [3.8, 4) is 23.1 Å². The fourth-order valence-corrected chi connectivity index (χ4v) is 2.96. The molecule has 164 valence electrons. The van der Waals surface area contributed by atoms with Crippen LogP contribution in [0.2, 0.25) is 0 Å². The molecule has 0 amide bonds. The van der Waals surface area contributed by atoms with Gasteiger partial charge in [-0.05, 0) is 85.6 Å². The average molecular weight is 435 g/mol. The number of benzene rings is 2. The number of aromatic amines is 1. The van der Waals surface area contributed by atoms with Crippen LogP contribution in [0.5, 0.6) is 5.75 Å². The van der Waals surface area contributed by atoms with Crippen LogP contribution >= 0.6 is 0 Å². The molecule has 1 N–H and O–H groups in total. The van der Waals surface area contributed by atoms with E-state index >= 15 is 0 Å². The molecule has 3 aromatic heterocycles. The second kappa shape index (κ2) is 11.8. The molecule has 0 bridgehead atoms. The number of pyridine rings is 2.